The minimum absolute atomic E-state index is 0.0274. The van der Waals surface area contributed by atoms with Gasteiger partial charge in [-0.1, -0.05) is 20.8 Å². The molecule has 1 N–H and O–H groups in total. The summed E-state index contributed by atoms with van der Waals surface area (Å²) in [6.07, 6.45) is 0. The Hall–Kier alpha value is -0.130. The highest BCUT2D eigenvalue weighted by Crippen LogP contribution is 2.14. The van der Waals surface area contributed by atoms with Gasteiger partial charge >= 0.3 is 0 Å². The third kappa shape index (κ3) is 8.21. The second-order valence-electron chi connectivity index (χ2n) is 4.19. The van der Waals surface area contributed by atoms with Gasteiger partial charge in [0.15, 0.2) is 0 Å². The molecule has 0 unspecified atom stereocenters. The molecule has 0 saturated heterocycles. The maximum Gasteiger partial charge on any atom is 0.268 e. The van der Waals surface area contributed by atoms with Crippen LogP contribution in [0.15, 0.2) is 0 Å². The van der Waals surface area contributed by atoms with Gasteiger partial charge in [0, 0.05) is 6.54 Å². The van der Waals surface area contributed by atoms with Gasteiger partial charge in [-0.2, -0.15) is 8.42 Å². The van der Waals surface area contributed by atoms with Gasteiger partial charge in [0.2, 0.25) is 0 Å². The van der Waals surface area contributed by atoms with E-state index in [-0.39, 0.29) is 17.8 Å². The number of hydrogen-bond donors (Lipinski definition) is 1. The van der Waals surface area contributed by atoms with E-state index in [4.69, 9.17) is 4.18 Å². The lowest BCUT2D eigenvalue weighted by atomic mass is 9.99. The SMILES string of the molecule is CNCCS(=O)(=O)OCC(C)(C)C. The Bertz CT molecular complexity index is 228. The molecular weight excluding hydrogens is 190 g/mol. The van der Waals surface area contributed by atoms with Crippen molar-refractivity contribution in [3.63, 3.8) is 0 Å². The molecule has 0 aromatic rings. The van der Waals surface area contributed by atoms with E-state index < -0.39 is 10.1 Å². The van der Waals surface area contributed by atoms with Crippen molar-refractivity contribution in [1.82, 2.24) is 5.32 Å². The smallest absolute Gasteiger partial charge is 0.268 e. The molecule has 0 fully saturated rings. The second-order valence-corrected chi connectivity index (χ2v) is 5.95. The largest absolute Gasteiger partial charge is 0.319 e. The molecule has 0 atom stereocenters. The van der Waals surface area contributed by atoms with E-state index in [1.165, 1.54) is 0 Å². The van der Waals surface area contributed by atoms with E-state index in [2.05, 4.69) is 5.32 Å². The third-order valence-electron chi connectivity index (χ3n) is 1.27. The lowest BCUT2D eigenvalue weighted by molar-refractivity contribution is 0.203. The molecule has 0 aromatic heterocycles. The van der Waals surface area contributed by atoms with E-state index in [9.17, 15) is 8.42 Å². The monoisotopic (exact) mass is 209 g/mol. The minimum Gasteiger partial charge on any atom is -0.319 e. The van der Waals surface area contributed by atoms with Crippen molar-refractivity contribution in [3.05, 3.63) is 0 Å². The molecule has 0 bridgehead atoms. The van der Waals surface area contributed by atoms with Gasteiger partial charge in [-0.05, 0) is 12.5 Å². The molecule has 5 heteroatoms. The highest BCUT2D eigenvalue weighted by atomic mass is 32.2. The maximum atomic E-state index is 11.2. The van der Waals surface area contributed by atoms with E-state index >= 15 is 0 Å². The van der Waals surface area contributed by atoms with E-state index in [0.717, 1.165) is 0 Å². The summed E-state index contributed by atoms with van der Waals surface area (Å²) in [5.74, 6) is 0.0274. The van der Waals surface area contributed by atoms with Crippen molar-refractivity contribution in [1.29, 1.82) is 0 Å². The highest BCUT2D eigenvalue weighted by Gasteiger charge is 2.17. The van der Waals surface area contributed by atoms with Crippen LogP contribution in [0.4, 0.5) is 0 Å². The zero-order valence-corrected chi connectivity index (χ0v) is 9.57. The fraction of sp³-hybridized carbons (Fsp3) is 1.00. The summed E-state index contributed by atoms with van der Waals surface area (Å²) in [4.78, 5) is 0. The first-order valence-electron chi connectivity index (χ1n) is 4.28. The van der Waals surface area contributed by atoms with E-state index in [1.807, 2.05) is 20.8 Å². The van der Waals surface area contributed by atoms with Crippen molar-refractivity contribution < 1.29 is 12.6 Å². The normalized spacial score (nSPS) is 13.2. The Kier molecular flexibility index (Phi) is 4.88. The molecule has 13 heavy (non-hydrogen) atoms. The number of nitrogens with one attached hydrogen (secondary N) is 1. The first kappa shape index (κ1) is 12.9. The molecule has 0 amide bonds. The van der Waals surface area contributed by atoms with Crippen LogP contribution in [0.5, 0.6) is 0 Å². The van der Waals surface area contributed by atoms with Crippen molar-refractivity contribution in [2.24, 2.45) is 5.41 Å². The summed E-state index contributed by atoms with van der Waals surface area (Å²) in [7, 11) is -1.63. The summed E-state index contributed by atoms with van der Waals surface area (Å²) in [5, 5.41) is 2.76. The Balaban J connectivity index is 3.91. The minimum atomic E-state index is -3.34. The highest BCUT2D eigenvalue weighted by molar-refractivity contribution is 7.86. The summed E-state index contributed by atoms with van der Waals surface area (Å²) in [6, 6.07) is 0. The van der Waals surface area contributed by atoms with Crippen LogP contribution in [-0.4, -0.2) is 34.4 Å². The predicted octanol–water partition coefficient (Wildman–Crippen LogP) is 0.598. The summed E-state index contributed by atoms with van der Waals surface area (Å²) >= 11 is 0. The maximum absolute atomic E-state index is 11.2. The zero-order valence-electron chi connectivity index (χ0n) is 8.75. The molecule has 0 radical (unpaired) electrons. The molecule has 0 aliphatic carbocycles. The van der Waals surface area contributed by atoms with Crippen LogP contribution >= 0.6 is 0 Å². The lowest BCUT2D eigenvalue weighted by Gasteiger charge is -2.17. The molecule has 0 aliphatic rings. The predicted molar refractivity (Wildman–Crippen MR) is 53.1 cm³/mol. The summed E-state index contributed by atoms with van der Waals surface area (Å²) in [5.41, 5.74) is -0.118. The molecule has 0 heterocycles. The van der Waals surface area contributed by atoms with Gasteiger partial charge in [-0.15, -0.1) is 0 Å². The zero-order chi connectivity index (χ0) is 10.5. The van der Waals surface area contributed by atoms with Crippen molar-refractivity contribution in [2.45, 2.75) is 20.8 Å². The third-order valence-corrected chi connectivity index (χ3v) is 2.45. The Morgan fingerprint density at radius 2 is 1.85 bits per heavy atom. The molecule has 0 rings (SSSR count). The Morgan fingerprint density at radius 1 is 1.31 bits per heavy atom. The Labute approximate surface area is 80.8 Å². The van der Waals surface area contributed by atoms with Gasteiger partial charge in [-0.25, -0.2) is 0 Å². The average Bonchev–Trinajstić information content (AvgIpc) is 1.97. The average molecular weight is 209 g/mol. The van der Waals surface area contributed by atoms with E-state index in [0.29, 0.717) is 6.54 Å². The standard InChI is InChI=1S/C8H19NO3S/c1-8(2,3)7-12-13(10,11)6-5-9-4/h9H,5-7H2,1-4H3. The molecular formula is C8H19NO3S. The van der Waals surface area contributed by atoms with Gasteiger partial charge in [-0.3, -0.25) is 4.18 Å². The first-order chi connectivity index (χ1) is 5.77. The van der Waals surface area contributed by atoms with Crippen LogP contribution in [0, 0.1) is 5.41 Å². The molecule has 0 aliphatic heterocycles. The van der Waals surface area contributed by atoms with Crippen LogP contribution in [0.1, 0.15) is 20.8 Å². The lowest BCUT2D eigenvalue weighted by Crippen LogP contribution is -2.24. The van der Waals surface area contributed by atoms with Crippen LogP contribution in [-0.2, 0) is 14.3 Å². The van der Waals surface area contributed by atoms with Gasteiger partial charge in [0.05, 0.1) is 12.4 Å². The number of rotatable bonds is 5. The molecule has 0 saturated carbocycles. The fourth-order valence-electron chi connectivity index (χ4n) is 0.553. The van der Waals surface area contributed by atoms with Crippen molar-refractivity contribution in [2.75, 3.05) is 26.0 Å². The summed E-state index contributed by atoms with van der Waals surface area (Å²) in [6.45, 7) is 6.45. The van der Waals surface area contributed by atoms with Crippen molar-refractivity contribution >= 4 is 10.1 Å². The first-order valence-corrected chi connectivity index (χ1v) is 5.86. The van der Waals surface area contributed by atoms with E-state index in [1.54, 1.807) is 7.05 Å². The van der Waals surface area contributed by atoms with Crippen LogP contribution in [0.3, 0.4) is 0 Å². The molecule has 80 valence electrons. The van der Waals surface area contributed by atoms with Crippen molar-refractivity contribution in [3.8, 4) is 0 Å². The fourth-order valence-corrected chi connectivity index (χ4v) is 1.66. The van der Waals surface area contributed by atoms with Gasteiger partial charge in [0.1, 0.15) is 0 Å². The molecule has 0 aromatic carbocycles. The van der Waals surface area contributed by atoms with Gasteiger partial charge in [0.25, 0.3) is 10.1 Å². The summed E-state index contributed by atoms with van der Waals surface area (Å²) < 4.78 is 27.2. The Morgan fingerprint density at radius 3 is 2.23 bits per heavy atom. The topological polar surface area (TPSA) is 55.4 Å². The van der Waals surface area contributed by atoms with Crippen LogP contribution in [0.25, 0.3) is 0 Å². The van der Waals surface area contributed by atoms with Crippen LogP contribution < -0.4 is 5.32 Å². The van der Waals surface area contributed by atoms with Gasteiger partial charge < -0.3 is 5.32 Å². The molecule has 4 nitrogen and oxygen atoms in total. The second kappa shape index (κ2) is 4.93. The molecule has 0 spiro atoms. The number of hydrogen-bond acceptors (Lipinski definition) is 4. The quantitative estimate of drug-likeness (QED) is 0.674. The van der Waals surface area contributed by atoms with Crippen LogP contribution in [0.2, 0.25) is 0 Å².